The molecule has 3 heterocycles. The van der Waals surface area contributed by atoms with Gasteiger partial charge in [0, 0.05) is 11.9 Å². The smallest absolute Gasteiger partial charge is 1.00 e. The molecule has 5 nitrogen and oxygen atoms in total. The molecule has 3 aliphatic heterocycles. The van der Waals surface area contributed by atoms with E-state index in [-0.39, 0.29) is 64.1 Å². The van der Waals surface area contributed by atoms with Gasteiger partial charge in [0.25, 0.3) is 0 Å². The van der Waals surface area contributed by atoms with Crippen molar-refractivity contribution < 1.29 is 41.0 Å². The summed E-state index contributed by atoms with van der Waals surface area (Å²) in [7, 11) is 0. The number of hydrogen-bond donors (Lipinski definition) is 0. The molecule has 0 amide bonds. The second-order valence-corrected chi connectivity index (χ2v) is 6.49. The zero-order chi connectivity index (χ0) is 15.3. The van der Waals surface area contributed by atoms with Crippen LogP contribution in [0.4, 0.5) is 0 Å². The molecule has 0 N–H and O–H groups in total. The molecule has 3 aliphatic rings. The third-order valence-electron chi connectivity index (χ3n) is 4.37. The van der Waals surface area contributed by atoms with Gasteiger partial charge in [-0.15, -0.1) is 0 Å². The summed E-state index contributed by atoms with van der Waals surface area (Å²) in [6.45, 7) is 3.67. The first-order valence-corrected chi connectivity index (χ1v) is 7.62. The monoisotopic (exact) mass is 406 g/mol. The molecule has 4 rings (SSSR count). The summed E-state index contributed by atoms with van der Waals surface area (Å²) in [6, 6.07) is 10.1. The van der Waals surface area contributed by atoms with Crippen LogP contribution in [0.15, 0.2) is 42.4 Å². The van der Waals surface area contributed by atoms with Gasteiger partial charge >= 0.3 is 23.1 Å². The Bertz CT molecular complexity index is 594. The molecule has 7 heteroatoms. The third kappa shape index (κ3) is 3.76. The van der Waals surface area contributed by atoms with Gasteiger partial charge in [0.05, 0.1) is 12.2 Å². The van der Waals surface area contributed by atoms with Crippen molar-refractivity contribution in [3.63, 3.8) is 0 Å². The number of rotatable bonds is 2. The predicted molar refractivity (Wildman–Crippen MR) is 81.0 cm³/mol. The van der Waals surface area contributed by atoms with E-state index in [0.29, 0.717) is 0 Å². The number of benzene rings is 1. The molecule has 0 saturated carbocycles. The molecule has 0 radical (unpaired) electrons. The van der Waals surface area contributed by atoms with Crippen LogP contribution < -0.4 is 22.1 Å². The van der Waals surface area contributed by atoms with Crippen molar-refractivity contribution in [2.45, 2.75) is 50.7 Å². The Kier molecular flexibility index (Phi) is 6.26. The molecule has 0 bridgehead atoms. The maximum atomic E-state index is 11.9. The molecule has 0 aromatic heterocycles. The summed E-state index contributed by atoms with van der Waals surface area (Å²) in [5.41, 5.74) is 1.17. The van der Waals surface area contributed by atoms with E-state index >= 15 is 0 Å². The number of halogens is 1. The van der Waals surface area contributed by atoms with E-state index in [1.165, 1.54) is 5.56 Å². The normalized spacial score (nSPS) is 35.6. The molecule has 1 aromatic rings. The molecular weight excluding hydrogens is 388 g/mol. The van der Waals surface area contributed by atoms with Gasteiger partial charge in [0.15, 0.2) is 12.1 Å². The molecule has 0 aliphatic carbocycles. The topological polar surface area (TPSA) is 60.0 Å². The van der Waals surface area contributed by atoms with Crippen LogP contribution in [0.3, 0.4) is 0 Å². The SMILES string of the molecule is CC1(C)O[C@H]2O[C@H]3[C@H](OC([O-])=C[C@@H]3Cc3ccccc3)[C@H]2O1.[Br-].[Mg+2]. The summed E-state index contributed by atoms with van der Waals surface area (Å²) in [5, 5.41) is 11.9. The maximum Gasteiger partial charge on any atom is 2.00 e. The van der Waals surface area contributed by atoms with E-state index in [0.717, 1.165) is 6.42 Å². The maximum absolute atomic E-state index is 11.9. The van der Waals surface area contributed by atoms with Crippen molar-refractivity contribution in [3.05, 3.63) is 47.9 Å². The Hall–Kier alpha value is -0.314. The number of ether oxygens (including phenoxy) is 4. The van der Waals surface area contributed by atoms with Crippen LogP contribution in [-0.4, -0.2) is 53.4 Å². The minimum absolute atomic E-state index is 0. The van der Waals surface area contributed by atoms with E-state index < -0.39 is 18.2 Å². The molecule has 126 valence electrons. The van der Waals surface area contributed by atoms with Crippen LogP contribution in [0.5, 0.6) is 0 Å². The van der Waals surface area contributed by atoms with E-state index in [4.69, 9.17) is 18.9 Å². The zero-order valence-electron chi connectivity index (χ0n) is 13.7. The average Bonchev–Trinajstić information content (AvgIpc) is 2.93. The van der Waals surface area contributed by atoms with Crippen LogP contribution in [0.2, 0.25) is 0 Å². The van der Waals surface area contributed by atoms with Gasteiger partial charge in [-0.3, -0.25) is 0 Å². The fraction of sp³-hybridized carbons (Fsp3) is 0.529. The second kappa shape index (κ2) is 7.51. The molecule has 2 fully saturated rings. The quantitative estimate of drug-likeness (QED) is 0.528. The fourth-order valence-electron chi connectivity index (χ4n) is 3.49. The van der Waals surface area contributed by atoms with Gasteiger partial charge in [-0.2, -0.15) is 0 Å². The second-order valence-electron chi connectivity index (χ2n) is 6.49. The molecular formula is C17H19BrMgO5. The van der Waals surface area contributed by atoms with Gasteiger partial charge in [-0.1, -0.05) is 36.4 Å². The fourth-order valence-corrected chi connectivity index (χ4v) is 3.49. The van der Waals surface area contributed by atoms with Crippen molar-refractivity contribution in [2.75, 3.05) is 0 Å². The van der Waals surface area contributed by atoms with Gasteiger partial charge in [-0.05, 0) is 25.8 Å². The molecule has 1 aromatic carbocycles. The Morgan fingerprint density at radius 1 is 1.04 bits per heavy atom. The van der Waals surface area contributed by atoms with Gasteiger partial charge < -0.3 is 41.0 Å². The average molecular weight is 408 g/mol. The number of fused-ring (bicyclic) bond motifs is 3. The largest absolute Gasteiger partial charge is 2.00 e. The van der Waals surface area contributed by atoms with Gasteiger partial charge in [-0.25, -0.2) is 0 Å². The summed E-state index contributed by atoms with van der Waals surface area (Å²) in [4.78, 5) is 0. The Labute approximate surface area is 168 Å². The summed E-state index contributed by atoms with van der Waals surface area (Å²) in [6.07, 6.45) is 0.904. The standard InChI is InChI=1S/C17H20O5.BrH.Mg/c1-17(2)21-15-14-13(20-16(15)22-17)11(9-12(18)19-14)8-10-6-4-3-5-7-10;;/h3-7,9,11,13-16,18H,8H2,1-2H3;1H;/q;;+2/p-2/t11-,13+,14-,15+,16+;;/m0../s1. The zero-order valence-corrected chi connectivity index (χ0v) is 16.7. The van der Waals surface area contributed by atoms with Gasteiger partial charge in [0.1, 0.15) is 6.10 Å². The van der Waals surface area contributed by atoms with Crippen LogP contribution in [0.1, 0.15) is 19.4 Å². The third-order valence-corrected chi connectivity index (χ3v) is 4.37. The molecule has 0 unspecified atom stereocenters. The first-order chi connectivity index (χ1) is 10.5. The Morgan fingerprint density at radius 3 is 2.46 bits per heavy atom. The minimum Gasteiger partial charge on any atom is -1.00 e. The van der Waals surface area contributed by atoms with Crippen molar-refractivity contribution in [3.8, 4) is 0 Å². The minimum atomic E-state index is -0.706. The van der Waals surface area contributed by atoms with Crippen molar-refractivity contribution in [2.24, 2.45) is 5.92 Å². The predicted octanol–water partition coefficient (Wildman–Crippen LogP) is -2.05. The molecule has 2 saturated heterocycles. The van der Waals surface area contributed by atoms with Crippen LogP contribution in [-0.2, 0) is 25.4 Å². The van der Waals surface area contributed by atoms with Crippen molar-refractivity contribution in [1.29, 1.82) is 0 Å². The first-order valence-electron chi connectivity index (χ1n) is 7.62. The van der Waals surface area contributed by atoms with Crippen LogP contribution in [0, 0.1) is 5.92 Å². The summed E-state index contributed by atoms with van der Waals surface area (Å²) >= 11 is 0. The molecule has 0 spiro atoms. The van der Waals surface area contributed by atoms with E-state index in [1.807, 2.05) is 32.0 Å². The number of hydrogen-bond acceptors (Lipinski definition) is 5. The van der Waals surface area contributed by atoms with Gasteiger partial charge in [0.2, 0.25) is 0 Å². The van der Waals surface area contributed by atoms with Crippen molar-refractivity contribution in [1.82, 2.24) is 0 Å². The Morgan fingerprint density at radius 2 is 1.75 bits per heavy atom. The summed E-state index contributed by atoms with van der Waals surface area (Å²) in [5.74, 6) is -1.04. The van der Waals surface area contributed by atoms with E-state index in [9.17, 15) is 5.11 Å². The van der Waals surface area contributed by atoms with Crippen LogP contribution in [0.25, 0.3) is 0 Å². The van der Waals surface area contributed by atoms with Crippen molar-refractivity contribution >= 4 is 23.1 Å². The van der Waals surface area contributed by atoms with E-state index in [2.05, 4.69) is 12.1 Å². The summed E-state index contributed by atoms with van der Waals surface area (Å²) < 4.78 is 23.1. The van der Waals surface area contributed by atoms with E-state index in [1.54, 1.807) is 6.08 Å². The first kappa shape index (κ1) is 20.0. The molecule has 24 heavy (non-hydrogen) atoms. The Balaban J connectivity index is 0.00000104. The van der Waals surface area contributed by atoms with Crippen LogP contribution >= 0.6 is 0 Å². The molecule has 5 atom stereocenters.